The second-order valence-corrected chi connectivity index (χ2v) is 8.68. The number of benzene rings is 3. The highest BCUT2D eigenvalue weighted by atomic mass is 35.5. The molecule has 0 spiro atoms. The van der Waals surface area contributed by atoms with Crippen molar-refractivity contribution in [1.29, 1.82) is 0 Å². The molecule has 1 atom stereocenters. The smallest absolute Gasteiger partial charge is 0.338 e. The van der Waals surface area contributed by atoms with Crippen molar-refractivity contribution < 1.29 is 14.3 Å². The van der Waals surface area contributed by atoms with Crippen LogP contribution in [0, 0.1) is 0 Å². The average molecular weight is 486 g/mol. The van der Waals surface area contributed by atoms with Gasteiger partial charge in [-0.05, 0) is 72.6 Å². The maximum absolute atomic E-state index is 13.7. The molecule has 0 aliphatic carbocycles. The zero-order valence-corrected chi connectivity index (χ0v) is 19.9. The molecule has 3 aromatic carbocycles. The lowest BCUT2D eigenvalue weighted by Crippen LogP contribution is -2.37. The molecule has 4 aromatic rings. The Labute approximate surface area is 208 Å². The zero-order valence-electron chi connectivity index (χ0n) is 19.1. The third kappa shape index (κ3) is 4.53. The molecule has 35 heavy (non-hydrogen) atoms. The van der Waals surface area contributed by atoms with Crippen LogP contribution in [0.5, 0.6) is 0 Å². The molecule has 2 amide bonds. The lowest BCUT2D eigenvalue weighted by Gasteiger charge is -2.31. The normalized spacial score (nSPS) is 14.5. The first-order valence-corrected chi connectivity index (χ1v) is 11.8. The summed E-state index contributed by atoms with van der Waals surface area (Å²) >= 11 is 6.35. The average Bonchev–Trinajstić information content (AvgIpc) is 3.28. The molecule has 5 rings (SSSR count). The highest BCUT2D eigenvalue weighted by molar-refractivity contribution is 6.30. The number of carbonyl (C=O) groups excluding carboxylic acids is 2. The number of ether oxygens (including phenoxy) is 1. The standard InChI is InChI=1S/C28H24ClN3O3/c1-2-35-27(33)19-12-14-23(15-13-19)30-28(34)32-18-21-7-3-4-10-24(21)31-16-6-11-25(31)26(32)20-8-5-9-22(29)17-20/h3-17,26H,2,18H2,1H3,(H,30,34)/t26-/m0/s1. The molecule has 0 fully saturated rings. The van der Waals surface area contributed by atoms with E-state index in [0.717, 1.165) is 22.5 Å². The number of hydrogen-bond acceptors (Lipinski definition) is 3. The number of esters is 1. The fourth-order valence-corrected chi connectivity index (χ4v) is 4.66. The van der Waals surface area contributed by atoms with Crippen molar-refractivity contribution in [1.82, 2.24) is 9.47 Å². The number of halogens is 1. The van der Waals surface area contributed by atoms with E-state index in [9.17, 15) is 9.59 Å². The highest BCUT2D eigenvalue weighted by Gasteiger charge is 2.33. The molecule has 0 bridgehead atoms. The molecule has 0 saturated heterocycles. The SMILES string of the molecule is CCOC(=O)c1ccc(NC(=O)N2Cc3ccccc3-n3cccc3[C@@H]2c2cccc(Cl)c2)cc1. The van der Waals surface area contributed by atoms with Gasteiger partial charge in [0.25, 0.3) is 0 Å². The Hall–Kier alpha value is -4.03. The van der Waals surface area contributed by atoms with E-state index in [4.69, 9.17) is 16.3 Å². The molecule has 6 nitrogen and oxygen atoms in total. The molecule has 1 N–H and O–H groups in total. The van der Waals surface area contributed by atoms with E-state index in [1.807, 2.05) is 65.7 Å². The highest BCUT2D eigenvalue weighted by Crippen LogP contribution is 2.37. The number of rotatable bonds is 4. The Morgan fingerprint density at radius 3 is 2.57 bits per heavy atom. The molecule has 1 aliphatic heterocycles. The van der Waals surface area contributed by atoms with Crippen molar-refractivity contribution in [2.24, 2.45) is 0 Å². The fourth-order valence-electron chi connectivity index (χ4n) is 4.47. The van der Waals surface area contributed by atoms with Crippen LogP contribution in [0.4, 0.5) is 10.5 Å². The van der Waals surface area contributed by atoms with Gasteiger partial charge in [-0.25, -0.2) is 9.59 Å². The summed E-state index contributed by atoms with van der Waals surface area (Å²) in [5.41, 5.74) is 4.96. The van der Waals surface area contributed by atoms with Gasteiger partial charge in [0.1, 0.15) is 0 Å². The molecule has 0 saturated carbocycles. The number of urea groups is 1. The maximum Gasteiger partial charge on any atom is 0.338 e. The summed E-state index contributed by atoms with van der Waals surface area (Å²) in [4.78, 5) is 27.5. The second-order valence-electron chi connectivity index (χ2n) is 8.25. The van der Waals surface area contributed by atoms with Gasteiger partial charge in [0, 0.05) is 22.6 Å². The monoisotopic (exact) mass is 485 g/mol. The summed E-state index contributed by atoms with van der Waals surface area (Å²) in [6.07, 6.45) is 2.02. The van der Waals surface area contributed by atoms with E-state index >= 15 is 0 Å². The third-order valence-corrected chi connectivity index (χ3v) is 6.27. The lowest BCUT2D eigenvalue weighted by atomic mass is 10.0. The zero-order chi connectivity index (χ0) is 24.4. The Morgan fingerprint density at radius 1 is 1.00 bits per heavy atom. The van der Waals surface area contributed by atoms with Crippen LogP contribution in [-0.2, 0) is 11.3 Å². The van der Waals surface area contributed by atoms with Crippen LogP contribution in [0.2, 0.25) is 5.02 Å². The predicted molar refractivity (Wildman–Crippen MR) is 136 cm³/mol. The molecule has 7 heteroatoms. The van der Waals surface area contributed by atoms with Gasteiger partial charge in [-0.15, -0.1) is 0 Å². The summed E-state index contributed by atoms with van der Waals surface area (Å²) < 4.78 is 7.17. The van der Waals surface area contributed by atoms with E-state index in [1.165, 1.54) is 0 Å². The van der Waals surface area contributed by atoms with Crippen LogP contribution in [-0.4, -0.2) is 28.1 Å². The van der Waals surface area contributed by atoms with Crippen LogP contribution in [0.25, 0.3) is 5.69 Å². The quantitative estimate of drug-likeness (QED) is 0.338. The van der Waals surface area contributed by atoms with Crippen molar-refractivity contribution in [3.8, 4) is 5.69 Å². The first-order chi connectivity index (χ1) is 17.0. The fraction of sp³-hybridized carbons (Fsp3) is 0.143. The molecular formula is C28H24ClN3O3. The lowest BCUT2D eigenvalue weighted by molar-refractivity contribution is 0.0526. The van der Waals surface area contributed by atoms with E-state index in [-0.39, 0.29) is 12.1 Å². The van der Waals surface area contributed by atoms with Crippen molar-refractivity contribution in [2.45, 2.75) is 19.5 Å². The van der Waals surface area contributed by atoms with Crippen LogP contribution in [0.3, 0.4) is 0 Å². The summed E-state index contributed by atoms with van der Waals surface area (Å²) in [6.45, 7) is 2.47. The van der Waals surface area contributed by atoms with Crippen molar-refractivity contribution in [3.05, 3.63) is 119 Å². The van der Waals surface area contributed by atoms with Gasteiger partial charge in [0.2, 0.25) is 0 Å². The third-order valence-electron chi connectivity index (χ3n) is 6.04. The molecule has 1 aliphatic rings. The van der Waals surface area contributed by atoms with E-state index < -0.39 is 5.97 Å². The van der Waals surface area contributed by atoms with Gasteiger partial charge in [-0.2, -0.15) is 0 Å². The van der Waals surface area contributed by atoms with Gasteiger partial charge >= 0.3 is 12.0 Å². The first kappa shape index (κ1) is 22.7. The number of aromatic nitrogens is 1. The number of nitrogens with zero attached hydrogens (tertiary/aromatic N) is 2. The number of amides is 2. The summed E-state index contributed by atoms with van der Waals surface area (Å²) in [5.74, 6) is -0.392. The van der Waals surface area contributed by atoms with Crippen LogP contribution in [0.1, 0.15) is 40.1 Å². The minimum atomic E-state index is -0.392. The molecule has 2 heterocycles. The number of carbonyl (C=O) groups is 2. The Bertz CT molecular complexity index is 1380. The van der Waals surface area contributed by atoms with Crippen LogP contribution in [0.15, 0.2) is 91.1 Å². The van der Waals surface area contributed by atoms with E-state index in [0.29, 0.717) is 29.4 Å². The van der Waals surface area contributed by atoms with Crippen molar-refractivity contribution >= 4 is 29.3 Å². The largest absolute Gasteiger partial charge is 0.462 e. The minimum absolute atomic E-state index is 0.261. The Balaban J connectivity index is 1.53. The summed E-state index contributed by atoms with van der Waals surface area (Å²) in [5, 5.41) is 3.61. The Morgan fingerprint density at radius 2 is 1.80 bits per heavy atom. The molecule has 1 aromatic heterocycles. The van der Waals surface area contributed by atoms with Gasteiger partial charge in [0.15, 0.2) is 0 Å². The number of hydrogen-bond donors (Lipinski definition) is 1. The summed E-state index contributed by atoms with van der Waals surface area (Å²) in [6, 6.07) is 25.8. The summed E-state index contributed by atoms with van der Waals surface area (Å²) in [7, 11) is 0. The number of fused-ring (bicyclic) bond motifs is 3. The number of anilines is 1. The molecule has 0 radical (unpaired) electrons. The van der Waals surface area contributed by atoms with Gasteiger partial charge in [-0.3, -0.25) is 0 Å². The molecular weight excluding hydrogens is 462 g/mol. The van der Waals surface area contributed by atoms with Gasteiger partial charge < -0.3 is 19.5 Å². The van der Waals surface area contributed by atoms with Gasteiger partial charge in [-0.1, -0.05) is 41.9 Å². The van der Waals surface area contributed by atoms with Crippen molar-refractivity contribution in [2.75, 3.05) is 11.9 Å². The number of nitrogens with one attached hydrogen (secondary N) is 1. The first-order valence-electron chi connectivity index (χ1n) is 11.4. The van der Waals surface area contributed by atoms with Crippen molar-refractivity contribution in [3.63, 3.8) is 0 Å². The van der Waals surface area contributed by atoms with E-state index in [2.05, 4.69) is 16.0 Å². The number of para-hydroxylation sites is 1. The Kier molecular flexibility index (Phi) is 6.29. The van der Waals surface area contributed by atoms with Crippen LogP contribution < -0.4 is 5.32 Å². The maximum atomic E-state index is 13.7. The predicted octanol–water partition coefficient (Wildman–Crippen LogP) is 6.44. The molecule has 176 valence electrons. The van der Waals surface area contributed by atoms with Gasteiger partial charge in [0.05, 0.1) is 30.4 Å². The topological polar surface area (TPSA) is 63.6 Å². The van der Waals surface area contributed by atoms with E-state index in [1.54, 1.807) is 31.2 Å². The van der Waals surface area contributed by atoms with Crippen LogP contribution >= 0.6 is 11.6 Å². The minimum Gasteiger partial charge on any atom is -0.462 e. The second kappa shape index (κ2) is 9.68. The molecule has 0 unspecified atom stereocenters.